The van der Waals surface area contributed by atoms with E-state index in [0.717, 1.165) is 51.4 Å². The molecule has 11 nitrogen and oxygen atoms in total. The monoisotopic (exact) mass is 842 g/mol. The van der Waals surface area contributed by atoms with Crippen molar-refractivity contribution >= 4 is 5.91 Å². The SMILES string of the molecule is CCCCCC/C=C/CCCCCCCCCCCC[C@@H](O)C(=O)N[C@@H](CO[C@@H]1O[C@H](CO)[C@@H](O)[C@H](O)[C@H]1O)[C@H](O)[C@H](O)CCCCCC/C=C\CCCCCCCC. The van der Waals surface area contributed by atoms with Crippen molar-refractivity contribution in [2.75, 3.05) is 13.2 Å². The fourth-order valence-corrected chi connectivity index (χ4v) is 7.66. The van der Waals surface area contributed by atoms with E-state index in [9.17, 15) is 40.5 Å². The van der Waals surface area contributed by atoms with Crippen molar-refractivity contribution in [3.8, 4) is 0 Å². The number of aliphatic hydroxyl groups is 7. The number of amides is 1. The lowest BCUT2D eigenvalue weighted by Crippen LogP contribution is -2.60. The quantitative estimate of drug-likeness (QED) is 0.0221. The van der Waals surface area contributed by atoms with Crippen molar-refractivity contribution in [1.82, 2.24) is 5.32 Å². The minimum absolute atomic E-state index is 0.256. The van der Waals surface area contributed by atoms with Crippen molar-refractivity contribution in [3.63, 3.8) is 0 Å². The van der Waals surface area contributed by atoms with Crippen LogP contribution in [0.5, 0.6) is 0 Å². The van der Waals surface area contributed by atoms with Gasteiger partial charge in [-0.3, -0.25) is 4.79 Å². The zero-order valence-electron chi connectivity index (χ0n) is 37.5. The van der Waals surface area contributed by atoms with Crippen LogP contribution >= 0.6 is 0 Å². The van der Waals surface area contributed by atoms with Gasteiger partial charge in [-0.2, -0.15) is 0 Å². The van der Waals surface area contributed by atoms with Crippen LogP contribution in [0.2, 0.25) is 0 Å². The molecule has 0 bridgehead atoms. The van der Waals surface area contributed by atoms with Crippen LogP contribution in [0.1, 0.15) is 206 Å². The Morgan fingerprint density at radius 1 is 0.576 bits per heavy atom. The number of nitrogens with one attached hydrogen (secondary N) is 1. The first-order chi connectivity index (χ1) is 28.7. The Balaban J connectivity index is 2.43. The summed E-state index contributed by atoms with van der Waals surface area (Å²) >= 11 is 0. The van der Waals surface area contributed by atoms with Crippen LogP contribution in [0.25, 0.3) is 0 Å². The molecule has 0 spiro atoms. The Kier molecular flexibility index (Phi) is 36.1. The van der Waals surface area contributed by atoms with Crippen molar-refractivity contribution in [3.05, 3.63) is 24.3 Å². The minimum atomic E-state index is -1.66. The molecule has 1 amide bonds. The second-order valence-corrected chi connectivity index (χ2v) is 17.2. The standard InChI is InChI=1S/C48H91NO10/c1-3-5-7-9-11-13-15-17-19-20-21-22-24-26-28-30-32-34-36-41(52)47(57)49-39(38-58-48-46(56)45(55)44(54)42(37-50)59-48)43(53)40(51)35-33-31-29-27-25-23-18-16-14-12-10-8-6-4-2/h13,15,18,23,39-46,48,50-56H,3-12,14,16-17,19-22,24-38H2,1-2H3,(H,49,57)/b15-13+,23-18-/t39-,40+,41+,42+,43-,44+,45-,46+,48+/m0/s1. The number of aliphatic hydroxyl groups excluding tert-OH is 7. The molecule has 0 aromatic carbocycles. The predicted molar refractivity (Wildman–Crippen MR) is 238 cm³/mol. The van der Waals surface area contributed by atoms with Crippen LogP contribution in [0, 0.1) is 0 Å². The third kappa shape index (κ3) is 28.0. The van der Waals surface area contributed by atoms with Gasteiger partial charge in [-0.25, -0.2) is 0 Å². The maximum Gasteiger partial charge on any atom is 0.249 e. The zero-order valence-corrected chi connectivity index (χ0v) is 37.5. The van der Waals surface area contributed by atoms with E-state index in [1.165, 1.54) is 116 Å². The van der Waals surface area contributed by atoms with Gasteiger partial charge >= 0.3 is 0 Å². The van der Waals surface area contributed by atoms with Crippen LogP contribution < -0.4 is 5.32 Å². The summed E-state index contributed by atoms with van der Waals surface area (Å²) in [6, 6.07) is -1.17. The summed E-state index contributed by atoms with van der Waals surface area (Å²) in [5, 5.41) is 75.7. The molecule has 1 aliphatic heterocycles. The van der Waals surface area contributed by atoms with Gasteiger partial charge in [0.15, 0.2) is 6.29 Å². The van der Waals surface area contributed by atoms with Crippen LogP contribution in [-0.2, 0) is 14.3 Å². The van der Waals surface area contributed by atoms with E-state index in [0.29, 0.717) is 19.3 Å². The number of carbonyl (C=O) groups is 1. The van der Waals surface area contributed by atoms with Crippen LogP contribution in [0.4, 0.5) is 0 Å². The number of allylic oxidation sites excluding steroid dienone is 4. The summed E-state index contributed by atoms with van der Waals surface area (Å²) in [6.07, 6.45) is 30.7. The lowest BCUT2D eigenvalue weighted by Gasteiger charge is -2.40. The Bertz CT molecular complexity index is 1010. The van der Waals surface area contributed by atoms with E-state index < -0.39 is 74.2 Å². The first-order valence-electron chi connectivity index (χ1n) is 24.2. The second kappa shape index (κ2) is 38.3. The second-order valence-electron chi connectivity index (χ2n) is 17.2. The topological polar surface area (TPSA) is 189 Å². The molecule has 11 heteroatoms. The maximum absolute atomic E-state index is 13.1. The van der Waals surface area contributed by atoms with Gasteiger partial charge in [-0.05, 0) is 64.2 Å². The maximum atomic E-state index is 13.1. The summed E-state index contributed by atoms with van der Waals surface area (Å²) < 4.78 is 11.1. The number of hydrogen-bond donors (Lipinski definition) is 8. The molecule has 0 unspecified atom stereocenters. The molecule has 9 atom stereocenters. The Labute approximate surface area is 359 Å². The molecule has 1 saturated heterocycles. The Morgan fingerprint density at radius 2 is 0.983 bits per heavy atom. The summed E-state index contributed by atoms with van der Waals surface area (Å²) in [6.45, 7) is 3.41. The van der Waals surface area contributed by atoms with Gasteiger partial charge in [0.2, 0.25) is 5.91 Å². The highest BCUT2D eigenvalue weighted by Crippen LogP contribution is 2.23. The van der Waals surface area contributed by atoms with Crippen LogP contribution in [0.15, 0.2) is 24.3 Å². The fourth-order valence-electron chi connectivity index (χ4n) is 7.66. The first kappa shape index (κ1) is 55.6. The molecule has 1 rings (SSSR count). The number of hydrogen-bond acceptors (Lipinski definition) is 10. The molecule has 0 aromatic rings. The molecule has 59 heavy (non-hydrogen) atoms. The van der Waals surface area contributed by atoms with E-state index in [4.69, 9.17) is 9.47 Å². The fraction of sp³-hybridized carbons (Fsp3) is 0.896. The smallest absolute Gasteiger partial charge is 0.249 e. The Hall–Kier alpha value is -1.41. The molecule has 1 fully saturated rings. The van der Waals surface area contributed by atoms with Gasteiger partial charge < -0.3 is 50.5 Å². The number of carbonyl (C=O) groups excluding carboxylic acids is 1. The van der Waals surface area contributed by atoms with Gasteiger partial charge in [0.05, 0.1) is 25.4 Å². The van der Waals surface area contributed by atoms with Crippen molar-refractivity contribution in [1.29, 1.82) is 0 Å². The zero-order chi connectivity index (χ0) is 43.4. The highest BCUT2D eigenvalue weighted by molar-refractivity contribution is 5.80. The molecule has 0 aromatic heterocycles. The normalized spacial score (nSPS) is 21.9. The molecule has 1 aliphatic rings. The third-order valence-corrected chi connectivity index (χ3v) is 11.7. The summed E-state index contributed by atoms with van der Waals surface area (Å²) in [5.41, 5.74) is 0. The number of rotatable bonds is 40. The van der Waals surface area contributed by atoms with E-state index in [1.807, 2.05) is 0 Å². The van der Waals surface area contributed by atoms with Gasteiger partial charge in [-0.15, -0.1) is 0 Å². The minimum Gasteiger partial charge on any atom is -0.394 e. The van der Waals surface area contributed by atoms with Crippen molar-refractivity contribution in [2.24, 2.45) is 0 Å². The summed E-state index contributed by atoms with van der Waals surface area (Å²) in [4.78, 5) is 13.1. The van der Waals surface area contributed by atoms with Crippen molar-refractivity contribution < 1.29 is 50.0 Å². The van der Waals surface area contributed by atoms with E-state index in [-0.39, 0.29) is 6.42 Å². The number of unbranched alkanes of at least 4 members (excludes halogenated alkanes) is 24. The Morgan fingerprint density at radius 3 is 1.44 bits per heavy atom. The van der Waals surface area contributed by atoms with Crippen LogP contribution in [0.3, 0.4) is 0 Å². The lowest BCUT2D eigenvalue weighted by atomic mass is 9.98. The highest BCUT2D eigenvalue weighted by Gasteiger charge is 2.44. The summed E-state index contributed by atoms with van der Waals surface area (Å²) in [7, 11) is 0. The van der Waals surface area contributed by atoms with Crippen LogP contribution in [-0.4, -0.2) is 110 Å². The summed E-state index contributed by atoms with van der Waals surface area (Å²) in [5.74, 6) is -0.703. The highest BCUT2D eigenvalue weighted by atomic mass is 16.7. The molecule has 8 N–H and O–H groups in total. The lowest BCUT2D eigenvalue weighted by molar-refractivity contribution is -0.303. The molecule has 0 aliphatic carbocycles. The molecular weight excluding hydrogens is 751 g/mol. The molecule has 1 heterocycles. The van der Waals surface area contributed by atoms with E-state index in [2.05, 4.69) is 43.5 Å². The average Bonchev–Trinajstić information content (AvgIpc) is 3.23. The molecule has 0 radical (unpaired) electrons. The van der Waals surface area contributed by atoms with E-state index >= 15 is 0 Å². The third-order valence-electron chi connectivity index (χ3n) is 11.7. The molecule has 348 valence electrons. The largest absolute Gasteiger partial charge is 0.394 e. The van der Waals surface area contributed by atoms with E-state index in [1.54, 1.807) is 0 Å². The van der Waals surface area contributed by atoms with Crippen molar-refractivity contribution in [2.45, 2.75) is 262 Å². The van der Waals surface area contributed by atoms with Gasteiger partial charge in [-0.1, -0.05) is 167 Å². The van der Waals surface area contributed by atoms with Gasteiger partial charge in [0, 0.05) is 0 Å². The molecular formula is C48H91NO10. The number of ether oxygens (including phenoxy) is 2. The van der Waals surface area contributed by atoms with Gasteiger partial charge in [0.25, 0.3) is 0 Å². The molecule has 0 saturated carbocycles. The predicted octanol–water partition coefficient (Wildman–Crippen LogP) is 8.23. The van der Waals surface area contributed by atoms with Gasteiger partial charge in [0.1, 0.15) is 36.6 Å². The average molecular weight is 842 g/mol. The first-order valence-corrected chi connectivity index (χ1v) is 24.2.